The summed E-state index contributed by atoms with van der Waals surface area (Å²) < 4.78 is 26.5. The van der Waals surface area contributed by atoms with Gasteiger partial charge in [-0.05, 0) is 29.7 Å². The number of rotatable bonds is 5. The first-order valence-corrected chi connectivity index (χ1v) is 7.28. The van der Waals surface area contributed by atoms with Gasteiger partial charge < -0.3 is 0 Å². The van der Waals surface area contributed by atoms with Crippen LogP contribution in [0.5, 0.6) is 0 Å². The smallest absolute Gasteiger partial charge is 0.145 e. The van der Waals surface area contributed by atoms with Gasteiger partial charge in [-0.1, -0.05) is 49.2 Å². The molecule has 2 aromatic carbocycles. The van der Waals surface area contributed by atoms with Crippen molar-refractivity contribution in [1.29, 1.82) is 0 Å². The second kappa shape index (κ2) is 7.80. The first-order valence-electron chi connectivity index (χ1n) is 6.90. The number of hydrogen-bond donors (Lipinski definition) is 0. The number of aryl methyl sites for hydroxylation is 1. The number of hydrogen-bond acceptors (Lipinski definition) is 2. The Labute approximate surface area is 133 Å². The van der Waals surface area contributed by atoms with Gasteiger partial charge >= 0.3 is 0 Å². The van der Waals surface area contributed by atoms with E-state index in [2.05, 4.69) is 17.1 Å². The lowest BCUT2D eigenvalue weighted by Crippen LogP contribution is -1.89. The SMILES string of the molecule is CCCc1ccc(C=NN=Cc2cc(F)c(Cl)c(F)c2)cc1. The fourth-order valence-electron chi connectivity index (χ4n) is 1.91. The molecule has 2 nitrogen and oxygen atoms in total. The molecule has 22 heavy (non-hydrogen) atoms. The molecule has 0 spiro atoms. The largest absolute Gasteiger partial charge is 0.205 e. The molecular weight excluding hydrogens is 306 g/mol. The molecule has 0 saturated heterocycles. The van der Waals surface area contributed by atoms with Gasteiger partial charge in [-0.2, -0.15) is 10.2 Å². The normalized spacial score (nSPS) is 11.6. The van der Waals surface area contributed by atoms with Gasteiger partial charge in [-0.15, -0.1) is 0 Å². The second-order valence-electron chi connectivity index (χ2n) is 4.78. The molecule has 0 bridgehead atoms. The second-order valence-corrected chi connectivity index (χ2v) is 5.16. The summed E-state index contributed by atoms with van der Waals surface area (Å²) in [5.41, 5.74) is 2.44. The zero-order valence-corrected chi connectivity index (χ0v) is 12.8. The maximum absolute atomic E-state index is 13.2. The number of benzene rings is 2. The van der Waals surface area contributed by atoms with Crippen LogP contribution in [-0.4, -0.2) is 12.4 Å². The predicted molar refractivity (Wildman–Crippen MR) is 87.0 cm³/mol. The van der Waals surface area contributed by atoms with Gasteiger partial charge in [0.2, 0.25) is 0 Å². The quantitative estimate of drug-likeness (QED) is 0.419. The summed E-state index contributed by atoms with van der Waals surface area (Å²) in [4.78, 5) is 0. The minimum absolute atomic E-state index is 0.259. The molecule has 0 aromatic heterocycles. The molecule has 0 unspecified atom stereocenters. The third-order valence-electron chi connectivity index (χ3n) is 3.00. The highest BCUT2D eigenvalue weighted by Crippen LogP contribution is 2.19. The van der Waals surface area contributed by atoms with Gasteiger partial charge in [0, 0.05) is 5.56 Å². The predicted octanol–water partition coefficient (Wildman–Crippen LogP) is 5.02. The van der Waals surface area contributed by atoms with Crippen molar-refractivity contribution in [3.05, 3.63) is 69.7 Å². The first kappa shape index (κ1) is 16.3. The highest BCUT2D eigenvalue weighted by Gasteiger charge is 2.07. The summed E-state index contributed by atoms with van der Waals surface area (Å²) in [5, 5.41) is 7.12. The third-order valence-corrected chi connectivity index (χ3v) is 3.37. The van der Waals surface area contributed by atoms with Crippen LogP contribution in [0.25, 0.3) is 0 Å². The van der Waals surface area contributed by atoms with Crippen molar-refractivity contribution < 1.29 is 8.78 Å². The van der Waals surface area contributed by atoms with Crippen molar-refractivity contribution in [3.8, 4) is 0 Å². The Morgan fingerprint density at radius 3 is 2.05 bits per heavy atom. The zero-order chi connectivity index (χ0) is 15.9. The van der Waals surface area contributed by atoms with Crippen molar-refractivity contribution in [2.45, 2.75) is 19.8 Å². The van der Waals surface area contributed by atoms with E-state index in [9.17, 15) is 8.78 Å². The van der Waals surface area contributed by atoms with Crippen LogP contribution >= 0.6 is 11.6 Å². The summed E-state index contributed by atoms with van der Waals surface area (Å²) in [5.74, 6) is -1.64. The monoisotopic (exact) mass is 320 g/mol. The van der Waals surface area contributed by atoms with Crippen molar-refractivity contribution in [2.24, 2.45) is 10.2 Å². The topological polar surface area (TPSA) is 24.7 Å². The molecule has 0 heterocycles. The Balaban J connectivity index is 2.02. The molecule has 0 amide bonds. The minimum Gasteiger partial charge on any atom is -0.205 e. The summed E-state index contributed by atoms with van der Waals surface area (Å²) >= 11 is 5.40. The van der Waals surface area contributed by atoms with Crippen molar-refractivity contribution in [2.75, 3.05) is 0 Å². The molecule has 2 aromatic rings. The van der Waals surface area contributed by atoms with Gasteiger partial charge in [-0.25, -0.2) is 8.78 Å². The zero-order valence-electron chi connectivity index (χ0n) is 12.1. The van der Waals surface area contributed by atoms with Gasteiger partial charge in [0.05, 0.1) is 12.4 Å². The van der Waals surface area contributed by atoms with E-state index in [0.29, 0.717) is 0 Å². The van der Waals surface area contributed by atoms with Crippen LogP contribution in [0.15, 0.2) is 46.6 Å². The molecule has 114 valence electrons. The van der Waals surface area contributed by atoms with E-state index in [0.717, 1.165) is 30.5 Å². The van der Waals surface area contributed by atoms with E-state index in [1.54, 1.807) is 6.21 Å². The van der Waals surface area contributed by atoms with Crippen LogP contribution in [0.2, 0.25) is 5.02 Å². The molecule has 0 fully saturated rings. The summed E-state index contributed by atoms with van der Waals surface area (Å²) in [6.45, 7) is 2.13. The first-order chi connectivity index (χ1) is 10.6. The van der Waals surface area contributed by atoms with Crippen molar-refractivity contribution >= 4 is 24.0 Å². The van der Waals surface area contributed by atoms with E-state index in [4.69, 9.17) is 11.6 Å². The van der Waals surface area contributed by atoms with Crippen LogP contribution in [-0.2, 0) is 6.42 Å². The molecule has 0 saturated carbocycles. The fourth-order valence-corrected chi connectivity index (χ4v) is 2.02. The molecule has 0 radical (unpaired) electrons. The molecule has 2 rings (SSSR count). The maximum Gasteiger partial charge on any atom is 0.145 e. The van der Waals surface area contributed by atoms with E-state index in [1.165, 1.54) is 11.8 Å². The average Bonchev–Trinajstić information content (AvgIpc) is 2.51. The van der Waals surface area contributed by atoms with Crippen LogP contribution in [0, 0.1) is 11.6 Å². The van der Waals surface area contributed by atoms with E-state index < -0.39 is 16.7 Å². The van der Waals surface area contributed by atoms with Gasteiger partial charge in [0.25, 0.3) is 0 Å². The highest BCUT2D eigenvalue weighted by atomic mass is 35.5. The van der Waals surface area contributed by atoms with Crippen LogP contribution in [0.1, 0.15) is 30.0 Å². The van der Waals surface area contributed by atoms with Gasteiger partial charge in [0.1, 0.15) is 16.7 Å². The van der Waals surface area contributed by atoms with Crippen molar-refractivity contribution in [1.82, 2.24) is 0 Å². The lowest BCUT2D eigenvalue weighted by Gasteiger charge is -1.98. The molecule has 0 N–H and O–H groups in total. The van der Waals surface area contributed by atoms with Gasteiger partial charge in [-0.3, -0.25) is 0 Å². The lowest BCUT2D eigenvalue weighted by molar-refractivity contribution is 0.584. The van der Waals surface area contributed by atoms with E-state index in [1.807, 2.05) is 24.3 Å². The Hall–Kier alpha value is -2.07. The third kappa shape index (κ3) is 4.46. The van der Waals surface area contributed by atoms with Crippen molar-refractivity contribution in [3.63, 3.8) is 0 Å². The maximum atomic E-state index is 13.2. The highest BCUT2D eigenvalue weighted by molar-refractivity contribution is 6.30. The van der Waals surface area contributed by atoms with E-state index >= 15 is 0 Å². The average molecular weight is 321 g/mol. The summed E-state index contributed by atoms with van der Waals surface area (Å²) in [7, 11) is 0. The minimum atomic E-state index is -0.821. The molecule has 0 aliphatic heterocycles. The van der Waals surface area contributed by atoms with Crippen LogP contribution in [0.4, 0.5) is 8.78 Å². The Bertz CT molecular complexity index is 671. The Morgan fingerprint density at radius 1 is 0.955 bits per heavy atom. The molecule has 0 aliphatic carbocycles. The van der Waals surface area contributed by atoms with Gasteiger partial charge in [0.15, 0.2) is 0 Å². The Kier molecular flexibility index (Phi) is 5.78. The molecule has 5 heteroatoms. The lowest BCUT2D eigenvalue weighted by atomic mass is 10.1. The van der Waals surface area contributed by atoms with Crippen LogP contribution in [0.3, 0.4) is 0 Å². The molecule has 0 atom stereocenters. The standard InChI is InChI=1S/C17H15ClF2N2/c1-2-3-12-4-6-13(7-5-12)10-21-22-11-14-8-15(19)17(18)16(20)9-14/h4-11H,2-3H2,1H3. The molecule has 0 aliphatic rings. The Morgan fingerprint density at radius 2 is 1.50 bits per heavy atom. The van der Waals surface area contributed by atoms with Crippen LogP contribution < -0.4 is 0 Å². The number of halogens is 3. The summed E-state index contributed by atoms with van der Waals surface area (Å²) in [6.07, 6.45) is 4.99. The molecular formula is C17H15ClF2N2. The fraction of sp³-hybridized carbons (Fsp3) is 0.176. The number of nitrogens with zero attached hydrogens (tertiary/aromatic N) is 2. The van der Waals surface area contributed by atoms with E-state index in [-0.39, 0.29) is 5.56 Å². The summed E-state index contributed by atoms with van der Waals surface area (Å²) in [6, 6.07) is 10.2.